The second-order valence-corrected chi connectivity index (χ2v) is 9.38. The maximum Gasteiger partial charge on any atom is 0.321 e. The van der Waals surface area contributed by atoms with E-state index in [0.29, 0.717) is 11.8 Å². The highest BCUT2D eigenvalue weighted by molar-refractivity contribution is 5.89. The zero-order valence-corrected chi connectivity index (χ0v) is 18.0. The number of para-hydroxylation sites is 1. The summed E-state index contributed by atoms with van der Waals surface area (Å²) in [6.07, 6.45) is 4.10. The van der Waals surface area contributed by atoms with E-state index in [2.05, 4.69) is 17.1 Å². The van der Waals surface area contributed by atoms with Crippen molar-refractivity contribution in [2.45, 2.75) is 32.6 Å². The van der Waals surface area contributed by atoms with Crippen molar-refractivity contribution in [3.05, 3.63) is 30.3 Å². The van der Waals surface area contributed by atoms with E-state index in [1.807, 2.05) is 49.3 Å². The molecule has 6 nitrogen and oxygen atoms in total. The number of urea groups is 1. The van der Waals surface area contributed by atoms with Crippen molar-refractivity contribution in [3.8, 4) is 0 Å². The Morgan fingerprint density at radius 1 is 1.10 bits per heavy atom. The van der Waals surface area contributed by atoms with Crippen molar-refractivity contribution in [3.63, 3.8) is 0 Å². The molecule has 6 heteroatoms. The van der Waals surface area contributed by atoms with Gasteiger partial charge in [0, 0.05) is 46.0 Å². The molecule has 1 saturated carbocycles. The Morgan fingerprint density at radius 2 is 1.79 bits per heavy atom. The standard InChI is InChI=1S/C23H34N4O2/c1-4-26-16-19-22(10-11-23(19,17-26)20(28)25(2)3)12-14-27(15-13-22)21(29)24-18-8-6-5-7-9-18/h5-9,19H,4,10-17H2,1-3H3,(H,24,29)/t19-,23+/m0/s1. The summed E-state index contributed by atoms with van der Waals surface area (Å²) < 4.78 is 0. The summed E-state index contributed by atoms with van der Waals surface area (Å²) in [5.74, 6) is 0.712. The van der Waals surface area contributed by atoms with E-state index in [0.717, 1.165) is 64.1 Å². The summed E-state index contributed by atoms with van der Waals surface area (Å²) in [5.41, 5.74) is 0.802. The molecule has 3 aliphatic rings. The molecule has 158 valence electrons. The van der Waals surface area contributed by atoms with Crippen LogP contribution in [0.4, 0.5) is 10.5 Å². The number of piperidine rings is 1. The molecule has 1 N–H and O–H groups in total. The molecule has 0 aromatic heterocycles. The van der Waals surface area contributed by atoms with Gasteiger partial charge >= 0.3 is 6.03 Å². The van der Waals surface area contributed by atoms with E-state index in [9.17, 15) is 9.59 Å². The molecular formula is C23H34N4O2. The Labute approximate surface area is 174 Å². The Bertz CT molecular complexity index is 757. The van der Waals surface area contributed by atoms with Crippen molar-refractivity contribution >= 4 is 17.6 Å². The minimum absolute atomic E-state index is 0.0127. The number of amides is 3. The molecule has 2 atom stereocenters. The average Bonchev–Trinajstić information content (AvgIpc) is 3.25. The third kappa shape index (κ3) is 3.41. The van der Waals surface area contributed by atoms with E-state index in [1.165, 1.54) is 0 Å². The summed E-state index contributed by atoms with van der Waals surface area (Å²) in [6, 6.07) is 9.63. The monoisotopic (exact) mass is 398 g/mol. The molecule has 0 unspecified atom stereocenters. The maximum atomic E-state index is 13.2. The number of benzene rings is 1. The fraction of sp³-hybridized carbons (Fsp3) is 0.652. The number of carbonyl (C=O) groups is 2. The van der Waals surface area contributed by atoms with E-state index < -0.39 is 0 Å². The van der Waals surface area contributed by atoms with Gasteiger partial charge in [0.1, 0.15) is 0 Å². The van der Waals surface area contributed by atoms with Crippen molar-refractivity contribution in [2.75, 3.05) is 52.1 Å². The molecule has 0 radical (unpaired) electrons. The first-order chi connectivity index (χ1) is 13.9. The van der Waals surface area contributed by atoms with Crippen LogP contribution < -0.4 is 5.32 Å². The lowest BCUT2D eigenvalue weighted by atomic mass is 9.65. The van der Waals surface area contributed by atoms with Gasteiger partial charge in [-0.25, -0.2) is 4.79 Å². The van der Waals surface area contributed by atoms with E-state index in [1.54, 1.807) is 4.90 Å². The third-order valence-electron chi connectivity index (χ3n) is 7.77. The van der Waals surface area contributed by atoms with Gasteiger partial charge < -0.3 is 20.0 Å². The average molecular weight is 399 g/mol. The third-order valence-corrected chi connectivity index (χ3v) is 7.77. The Kier molecular flexibility index (Phi) is 5.32. The van der Waals surface area contributed by atoms with Gasteiger partial charge in [0.05, 0.1) is 5.41 Å². The zero-order valence-electron chi connectivity index (χ0n) is 18.0. The first-order valence-corrected chi connectivity index (χ1v) is 11.0. The van der Waals surface area contributed by atoms with Gasteiger partial charge in [-0.1, -0.05) is 25.1 Å². The highest BCUT2D eigenvalue weighted by atomic mass is 16.2. The summed E-state index contributed by atoms with van der Waals surface area (Å²) in [4.78, 5) is 32.1. The largest absolute Gasteiger partial charge is 0.348 e. The Balaban J connectivity index is 1.46. The van der Waals surface area contributed by atoms with Crippen molar-refractivity contribution < 1.29 is 9.59 Å². The molecule has 1 aliphatic carbocycles. The molecule has 2 aliphatic heterocycles. The maximum absolute atomic E-state index is 13.2. The van der Waals surface area contributed by atoms with Crippen molar-refractivity contribution in [2.24, 2.45) is 16.7 Å². The summed E-state index contributed by atoms with van der Waals surface area (Å²) >= 11 is 0. The second-order valence-electron chi connectivity index (χ2n) is 9.38. The topological polar surface area (TPSA) is 55.9 Å². The molecule has 3 amide bonds. The number of carbonyl (C=O) groups excluding carboxylic acids is 2. The van der Waals surface area contributed by atoms with Gasteiger partial charge in [-0.05, 0) is 55.7 Å². The lowest BCUT2D eigenvalue weighted by molar-refractivity contribution is -0.141. The first-order valence-electron chi connectivity index (χ1n) is 11.0. The number of nitrogens with one attached hydrogen (secondary N) is 1. The van der Waals surface area contributed by atoms with E-state index >= 15 is 0 Å². The fourth-order valence-electron chi connectivity index (χ4n) is 6.17. The van der Waals surface area contributed by atoms with Crippen LogP contribution in [0.15, 0.2) is 30.3 Å². The Hall–Kier alpha value is -2.08. The van der Waals surface area contributed by atoms with E-state index in [4.69, 9.17) is 0 Å². The predicted octanol–water partition coefficient (Wildman–Crippen LogP) is 3.12. The van der Waals surface area contributed by atoms with Crippen LogP contribution in [0.3, 0.4) is 0 Å². The molecule has 1 aromatic rings. The van der Waals surface area contributed by atoms with Crippen LogP contribution in [0.5, 0.6) is 0 Å². The van der Waals surface area contributed by atoms with Gasteiger partial charge in [-0.3, -0.25) is 4.79 Å². The van der Waals surface area contributed by atoms with Crippen LogP contribution in [0, 0.1) is 16.7 Å². The summed E-state index contributed by atoms with van der Waals surface area (Å²) in [6.45, 7) is 6.65. The van der Waals surface area contributed by atoms with Crippen molar-refractivity contribution in [1.29, 1.82) is 0 Å². The Morgan fingerprint density at radius 3 is 2.41 bits per heavy atom. The lowest BCUT2D eigenvalue weighted by Crippen LogP contribution is -2.50. The van der Waals surface area contributed by atoms with Gasteiger partial charge in [0.25, 0.3) is 0 Å². The number of rotatable bonds is 3. The van der Waals surface area contributed by atoms with Crippen LogP contribution >= 0.6 is 0 Å². The van der Waals surface area contributed by atoms with Gasteiger partial charge in [0.2, 0.25) is 5.91 Å². The highest BCUT2D eigenvalue weighted by Crippen LogP contribution is 2.62. The number of hydrogen-bond donors (Lipinski definition) is 1. The number of anilines is 1. The minimum atomic E-state index is -0.228. The fourth-order valence-corrected chi connectivity index (χ4v) is 6.17. The van der Waals surface area contributed by atoms with E-state index in [-0.39, 0.29) is 16.9 Å². The van der Waals surface area contributed by atoms with Crippen LogP contribution in [-0.2, 0) is 4.79 Å². The van der Waals surface area contributed by atoms with Crippen LogP contribution in [0.25, 0.3) is 0 Å². The molecular weight excluding hydrogens is 364 g/mol. The van der Waals surface area contributed by atoms with Crippen LogP contribution in [0.2, 0.25) is 0 Å². The molecule has 3 fully saturated rings. The van der Waals surface area contributed by atoms with Gasteiger partial charge in [-0.2, -0.15) is 0 Å². The molecule has 2 heterocycles. The normalized spacial score (nSPS) is 28.4. The molecule has 4 rings (SSSR count). The molecule has 2 saturated heterocycles. The summed E-state index contributed by atoms with van der Waals surface area (Å²) in [7, 11) is 3.79. The van der Waals surface area contributed by atoms with Crippen molar-refractivity contribution in [1.82, 2.24) is 14.7 Å². The lowest BCUT2D eigenvalue weighted by Gasteiger charge is -2.44. The molecule has 0 bridgehead atoms. The van der Waals surface area contributed by atoms with Crippen LogP contribution in [-0.4, -0.2) is 73.5 Å². The number of nitrogens with zero attached hydrogens (tertiary/aromatic N) is 3. The highest BCUT2D eigenvalue weighted by Gasteiger charge is 2.64. The van der Waals surface area contributed by atoms with Gasteiger partial charge in [0.15, 0.2) is 0 Å². The minimum Gasteiger partial charge on any atom is -0.348 e. The number of likely N-dealkylation sites (tertiary alicyclic amines) is 2. The molecule has 29 heavy (non-hydrogen) atoms. The second kappa shape index (κ2) is 7.63. The quantitative estimate of drug-likeness (QED) is 0.851. The zero-order chi connectivity index (χ0) is 20.6. The smallest absolute Gasteiger partial charge is 0.321 e. The number of fused-ring (bicyclic) bond motifs is 2. The summed E-state index contributed by atoms with van der Waals surface area (Å²) in [5, 5.41) is 3.01. The first kappa shape index (κ1) is 20.2. The molecule has 1 spiro atoms. The molecule has 1 aromatic carbocycles. The van der Waals surface area contributed by atoms with Crippen LogP contribution in [0.1, 0.15) is 32.6 Å². The van der Waals surface area contributed by atoms with Gasteiger partial charge in [-0.15, -0.1) is 0 Å². The predicted molar refractivity (Wildman–Crippen MR) is 115 cm³/mol. The number of hydrogen-bond acceptors (Lipinski definition) is 3. The SMILES string of the molecule is CCN1C[C@H]2C3(CCN(C(=O)Nc4ccccc4)CC3)CC[C@@]2(C(=O)N(C)C)C1.